The Morgan fingerprint density at radius 1 is 1.00 bits per heavy atom. The molecule has 0 unspecified atom stereocenters. The van der Waals surface area contributed by atoms with Crippen molar-refractivity contribution in [3.8, 4) is 11.1 Å². The van der Waals surface area contributed by atoms with E-state index in [1.54, 1.807) is 6.20 Å². The lowest BCUT2D eigenvalue weighted by Gasteiger charge is -2.29. The summed E-state index contributed by atoms with van der Waals surface area (Å²) in [6.07, 6.45) is 8.58. The van der Waals surface area contributed by atoms with E-state index in [0.29, 0.717) is 12.0 Å². The van der Waals surface area contributed by atoms with Gasteiger partial charge in [0, 0.05) is 42.7 Å². The van der Waals surface area contributed by atoms with Gasteiger partial charge in [0.15, 0.2) is 5.78 Å². The van der Waals surface area contributed by atoms with Crippen LogP contribution in [0.15, 0.2) is 73.1 Å². The number of carbonyl (C=O) groups excluding carboxylic acids is 1. The highest BCUT2D eigenvalue weighted by Crippen LogP contribution is 2.45. The van der Waals surface area contributed by atoms with E-state index >= 15 is 0 Å². The fourth-order valence-electron chi connectivity index (χ4n) is 4.02. The molecule has 1 fully saturated rings. The van der Waals surface area contributed by atoms with Gasteiger partial charge in [0.2, 0.25) is 0 Å². The number of hydrogen-bond acceptors (Lipinski definition) is 3. The maximum absolute atomic E-state index is 12.5. The average Bonchev–Trinajstić information content (AvgIpc) is 3.59. The highest BCUT2D eigenvalue weighted by Gasteiger charge is 2.44. The number of Topliss-reactive ketones (excluding diaryl/α,β-unsaturated/α-hetero) is 1. The lowest BCUT2D eigenvalue weighted by molar-refractivity contribution is 0.0983. The Labute approximate surface area is 173 Å². The average molecular weight is 385 g/mol. The Morgan fingerprint density at radius 2 is 1.66 bits per heavy atom. The molecular formula is C26H28N2O. The normalized spacial score (nSPS) is 14.4. The van der Waals surface area contributed by atoms with Gasteiger partial charge in [-0.2, -0.15) is 0 Å². The van der Waals surface area contributed by atoms with E-state index in [1.165, 1.54) is 30.5 Å². The zero-order valence-corrected chi connectivity index (χ0v) is 17.3. The van der Waals surface area contributed by atoms with E-state index in [-0.39, 0.29) is 5.78 Å². The number of benzene rings is 2. The van der Waals surface area contributed by atoms with Crippen LogP contribution >= 0.6 is 0 Å². The summed E-state index contributed by atoms with van der Waals surface area (Å²) in [5.74, 6) is 0.173. The van der Waals surface area contributed by atoms with E-state index in [9.17, 15) is 4.79 Å². The quantitative estimate of drug-likeness (QED) is 0.450. The lowest BCUT2D eigenvalue weighted by Crippen LogP contribution is -2.32. The lowest BCUT2D eigenvalue weighted by atomic mass is 9.99. The van der Waals surface area contributed by atoms with Crippen LogP contribution in [0.25, 0.3) is 11.1 Å². The summed E-state index contributed by atoms with van der Waals surface area (Å²) in [7, 11) is 2.21. The molecule has 1 heterocycles. The number of hydrogen-bond donors (Lipinski definition) is 0. The maximum atomic E-state index is 12.5. The van der Waals surface area contributed by atoms with Crippen LogP contribution in [0.3, 0.4) is 0 Å². The summed E-state index contributed by atoms with van der Waals surface area (Å²) in [6, 6.07) is 20.7. The van der Waals surface area contributed by atoms with Crippen LogP contribution in [0.2, 0.25) is 0 Å². The van der Waals surface area contributed by atoms with Gasteiger partial charge in [-0.05, 0) is 60.6 Å². The minimum absolute atomic E-state index is 0.173. The number of anilines is 1. The van der Waals surface area contributed by atoms with Gasteiger partial charge in [-0.1, -0.05) is 49.4 Å². The number of carbonyl (C=O) groups is 1. The van der Waals surface area contributed by atoms with E-state index in [1.807, 2.05) is 42.6 Å². The molecule has 29 heavy (non-hydrogen) atoms. The van der Waals surface area contributed by atoms with Gasteiger partial charge in [-0.15, -0.1) is 0 Å². The molecule has 3 nitrogen and oxygen atoms in total. The third-order valence-electron chi connectivity index (χ3n) is 6.36. The Kier molecular flexibility index (Phi) is 5.48. The minimum Gasteiger partial charge on any atom is -0.369 e. The summed E-state index contributed by atoms with van der Waals surface area (Å²) >= 11 is 0. The van der Waals surface area contributed by atoms with Crippen molar-refractivity contribution in [2.45, 2.75) is 44.6 Å². The fraction of sp³-hybridized carbons (Fsp3) is 0.308. The van der Waals surface area contributed by atoms with Crippen molar-refractivity contribution in [2.24, 2.45) is 0 Å². The second-order valence-electron chi connectivity index (χ2n) is 8.05. The molecule has 0 bridgehead atoms. The summed E-state index contributed by atoms with van der Waals surface area (Å²) in [5.41, 5.74) is 5.83. The molecule has 0 amide bonds. The molecule has 4 rings (SSSR count). The molecule has 0 spiro atoms. The van der Waals surface area contributed by atoms with Gasteiger partial charge in [0.25, 0.3) is 0 Å². The third kappa shape index (κ3) is 4.24. The fourth-order valence-corrected chi connectivity index (χ4v) is 4.02. The molecule has 3 heteroatoms. The van der Waals surface area contributed by atoms with Gasteiger partial charge in [-0.3, -0.25) is 9.78 Å². The Balaban J connectivity index is 1.40. The van der Waals surface area contributed by atoms with Gasteiger partial charge in [0.1, 0.15) is 0 Å². The number of aromatic nitrogens is 1. The van der Waals surface area contributed by atoms with Crippen LogP contribution in [-0.2, 0) is 6.42 Å². The zero-order valence-electron chi connectivity index (χ0n) is 17.3. The molecule has 0 N–H and O–H groups in total. The maximum Gasteiger partial charge on any atom is 0.163 e. The molecular weight excluding hydrogens is 356 g/mol. The first kappa shape index (κ1) is 19.4. The Morgan fingerprint density at radius 3 is 2.21 bits per heavy atom. The molecule has 0 aliphatic heterocycles. The molecule has 3 aromatic rings. The molecule has 1 aromatic heterocycles. The molecule has 1 aliphatic rings. The molecule has 1 aliphatic carbocycles. The largest absolute Gasteiger partial charge is 0.369 e. The predicted molar refractivity (Wildman–Crippen MR) is 119 cm³/mol. The molecule has 0 atom stereocenters. The highest BCUT2D eigenvalue weighted by molar-refractivity contribution is 5.96. The smallest absolute Gasteiger partial charge is 0.163 e. The first-order valence-electron chi connectivity index (χ1n) is 10.5. The van der Waals surface area contributed by atoms with Crippen molar-refractivity contribution < 1.29 is 4.79 Å². The van der Waals surface area contributed by atoms with Gasteiger partial charge in [0.05, 0.1) is 0 Å². The number of pyridine rings is 1. The highest BCUT2D eigenvalue weighted by atomic mass is 16.1. The van der Waals surface area contributed by atoms with Gasteiger partial charge in [-0.25, -0.2) is 0 Å². The summed E-state index contributed by atoms with van der Waals surface area (Å²) in [5, 5.41) is 0. The van der Waals surface area contributed by atoms with Crippen molar-refractivity contribution in [2.75, 3.05) is 11.9 Å². The van der Waals surface area contributed by atoms with Crippen LogP contribution in [0.1, 0.15) is 48.5 Å². The molecule has 0 radical (unpaired) electrons. The van der Waals surface area contributed by atoms with Gasteiger partial charge < -0.3 is 4.90 Å². The zero-order chi connectivity index (χ0) is 20.3. The van der Waals surface area contributed by atoms with Gasteiger partial charge >= 0.3 is 0 Å². The Hall–Kier alpha value is -2.94. The van der Waals surface area contributed by atoms with E-state index < -0.39 is 0 Å². The second kappa shape index (κ2) is 8.20. The van der Waals surface area contributed by atoms with E-state index in [4.69, 9.17) is 0 Å². The monoisotopic (exact) mass is 384 g/mol. The van der Waals surface area contributed by atoms with Crippen molar-refractivity contribution in [1.82, 2.24) is 4.98 Å². The van der Waals surface area contributed by atoms with Crippen molar-refractivity contribution in [3.63, 3.8) is 0 Å². The topological polar surface area (TPSA) is 33.2 Å². The predicted octanol–water partition coefficient (Wildman–Crippen LogP) is 5.94. The second-order valence-corrected chi connectivity index (χ2v) is 8.05. The van der Waals surface area contributed by atoms with Crippen LogP contribution in [0.4, 0.5) is 5.69 Å². The SMILES string of the molecule is CCC1(N(C)c2ccc(-c3ccc(C(=O)CCc4cccnc4)cc3)cc2)CC1. The van der Waals surface area contributed by atoms with Crippen LogP contribution < -0.4 is 4.90 Å². The standard InChI is InChI=1S/C26H28N2O/c1-3-26(16-17-26)28(2)24-13-11-22(12-14-24)21-7-9-23(10-8-21)25(29)15-6-20-5-4-18-27-19-20/h4-5,7-14,18-19H,3,6,15-17H2,1-2H3. The summed E-state index contributed by atoms with van der Waals surface area (Å²) in [4.78, 5) is 19.0. The molecule has 0 saturated heterocycles. The minimum atomic E-state index is 0.173. The Bertz CT molecular complexity index is 958. The van der Waals surface area contributed by atoms with Crippen molar-refractivity contribution in [3.05, 3.63) is 84.2 Å². The molecule has 2 aromatic carbocycles. The van der Waals surface area contributed by atoms with Crippen molar-refractivity contribution in [1.29, 1.82) is 0 Å². The molecule has 148 valence electrons. The number of ketones is 1. The number of rotatable bonds is 8. The van der Waals surface area contributed by atoms with Crippen LogP contribution in [0, 0.1) is 0 Å². The first-order valence-corrected chi connectivity index (χ1v) is 10.5. The number of nitrogens with zero attached hydrogens (tertiary/aromatic N) is 2. The van der Waals surface area contributed by atoms with E-state index in [0.717, 1.165) is 23.1 Å². The van der Waals surface area contributed by atoms with Crippen LogP contribution in [0.5, 0.6) is 0 Å². The summed E-state index contributed by atoms with van der Waals surface area (Å²) in [6.45, 7) is 2.28. The van der Waals surface area contributed by atoms with Crippen molar-refractivity contribution >= 4 is 11.5 Å². The van der Waals surface area contributed by atoms with Crippen LogP contribution in [-0.4, -0.2) is 23.4 Å². The van der Waals surface area contributed by atoms with E-state index in [2.05, 4.69) is 48.1 Å². The first-order chi connectivity index (χ1) is 14.1. The number of aryl methyl sites for hydroxylation is 1. The molecule has 1 saturated carbocycles. The summed E-state index contributed by atoms with van der Waals surface area (Å²) < 4.78 is 0. The third-order valence-corrected chi connectivity index (χ3v) is 6.36.